The highest BCUT2D eigenvalue weighted by molar-refractivity contribution is 5.81. The normalized spacial score (nSPS) is 16.1. The average Bonchev–Trinajstić information content (AvgIpc) is 3.20. The Morgan fingerprint density at radius 3 is 2.38 bits per heavy atom. The van der Waals surface area contributed by atoms with Gasteiger partial charge in [-0.1, -0.05) is 0 Å². The van der Waals surface area contributed by atoms with Crippen molar-refractivity contribution in [2.24, 2.45) is 7.05 Å². The molecular weight excluding hydrogens is 433 g/mol. The maximum atomic E-state index is 15.5. The second-order valence-corrected chi connectivity index (χ2v) is 7.44. The standard InChI is InChI=1S/C20H16F5N7/c1-31-11-29-30-18(31)19(22)4-6-32(7-5-19)17-13(8-26)14(20(23,24)25)10-28-16(17)12-2-3-15(21)27-9-12/h2-3,9-11H,4-7H2,1H3. The van der Waals surface area contributed by atoms with E-state index in [1.54, 1.807) is 13.1 Å². The number of alkyl halides is 4. The summed E-state index contributed by atoms with van der Waals surface area (Å²) in [7, 11) is 1.60. The van der Waals surface area contributed by atoms with E-state index in [0.29, 0.717) is 6.20 Å². The van der Waals surface area contributed by atoms with Crippen molar-refractivity contribution in [3.8, 4) is 17.3 Å². The lowest BCUT2D eigenvalue weighted by molar-refractivity contribution is -0.138. The summed E-state index contributed by atoms with van der Waals surface area (Å²) in [6, 6.07) is 3.98. The minimum absolute atomic E-state index is 0.00263. The van der Waals surface area contributed by atoms with E-state index in [-0.39, 0.29) is 48.7 Å². The smallest absolute Gasteiger partial charge is 0.368 e. The van der Waals surface area contributed by atoms with Crippen LogP contribution in [0.5, 0.6) is 0 Å². The van der Waals surface area contributed by atoms with Crippen LogP contribution >= 0.6 is 0 Å². The van der Waals surface area contributed by atoms with Crippen molar-refractivity contribution < 1.29 is 22.0 Å². The fourth-order valence-corrected chi connectivity index (χ4v) is 3.86. The summed E-state index contributed by atoms with van der Waals surface area (Å²) in [4.78, 5) is 8.95. The molecule has 0 saturated carbocycles. The van der Waals surface area contributed by atoms with E-state index in [1.807, 2.05) is 0 Å². The van der Waals surface area contributed by atoms with Crippen LogP contribution in [0.2, 0.25) is 0 Å². The zero-order valence-corrected chi connectivity index (χ0v) is 16.7. The van der Waals surface area contributed by atoms with Gasteiger partial charge in [0.25, 0.3) is 0 Å². The van der Waals surface area contributed by atoms with Gasteiger partial charge in [0.15, 0.2) is 11.5 Å². The van der Waals surface area contributed by atoms with Gasteiger partial charge in [-0.05, 0) is 12.1 Å². The topological polar surface area (TPSA) is 83.5 Å². The number of hydrogen-bond acceptors (Lipinski definition) is 6. The Kier molecular flexibility index (Phi) is 5.28. The van der Waals surface area contributed by atoms with Crippen LogP contribution in [-0.4, -0.2) is 37.8 Å². The molecule has 1 fully saturated rings. The van der Waals surface area contributed by atoms with Crippen LogP contribution in [0.1, 0.15) is 29.8 Å². The molecule has 0 radical (unpaired) electrons. The summed E-state index contributed by atoms with van der Waals surface area (Å²) >= 11 is 0. The predicted octanol–water partition coefficient (Wildman–Crippen LogP) is 3.77. The Morgan fingerprint density at radius 1 is 1.12 bits per heavy atom. The first-order valence-electron chi connectivity index (χ1n) is 9.54. The maximum absolute atomic E-state index is 15.5. The van der Waals surface area contributed by atoms with Gasteiger partial charge in [0.2, 0.25) is 5.95 Å². The van der Waals surface area contributed by atoms with Gasteiger partial charge in [-0.15, -0.1) is 10.2 Å². The van der Waals surface area contributed by atoms with Crippen LogP contribution in [0, 0.1) is 17.3 Å². The minimum atomic E-state index is -4.81. The van der Waals surface area contributed by atoms with Crippen molar-refractivity contribution in [2.45, 2.75) is 24.7 Å². The lowest BCUT2D eigenvalue weighted by Gasteiger charge is -2.38. The first-order valence-corrected chi connectivity index (χ1v) is 9.54. The molecule has 0 unspecified atom stereocenters. The summed E-state index contributed by atoms with van der Waals surface area (Å²) in [5, 5.41) is 17.1. The molecular formula is C20H16F5N7. The number of nitrogens with zero attached hydrogens (tertiary/aromatic N) is 7. The van der Waals surface area contributed by atoms with Crippen LogP contribution < -0.4 is 4.90 Å². The number of aromatic nitrogens is 5. The predicted molar refractivity (Wildman–Crippen MR) is 102 cm³/mol. The van der Waals surface area contributed by atoms with Gasteiger partial charge in [-0.25, -0.2) is 9.37 Å². The molecule has 0 atom stereocenters. The van der Waals surface area contributed by atoms with Crippen molar-refractivity contribution in [3.63, 3.8) is 0 Å². The van der Waals surface area contributed by atoms with Crippen LogP contribution in [0.4, 0.5) is 27.6 Å². The van der Waals surface area contributed by atoms with Crippen LogP contribution in [0.3, 0.4) is 0 Å². The van der Waals surface area contributed by atoms with Crippen molar-refractivity contribution in [2.75, 3.05) is 18.0 Å². The fraction of sp³-hybridized carbons (Fsp3) is 0.350. The SMILES string of the molecule is Cn1cnnc1C1(F)CCN(c2c(-c3ccc(F)nc3)ncc(C(F)(F)F)c2C#N)CC1. The number of piperidine rings is 1. The van der Waals surface area contributed by atoms with E-state index >= 15 is 4.39 Å². The quantitative estimate of drug-likeness (QED) is 0.447. The second kappa shape index (κ2) is 7.81. The number of nitriles is 1. The third-order valence-corrected chi connectivity index (χ3v) is 5.46. The van der Waals surface area contributed by atoms with E-state index in [4.69, 9.17) is 0 Å². The Bertz CT molecular complexity index is 1170. The molecule has 32 heavy (non-hydrogen) atoms. The summed E-state index contributed by atoms with van der Waals surface area (Å²) in [5.74, 6) is -0.644. The molecule has 0 bridgehead atoms. The van der Waals surface area contributed by atoms with Gasteiger partial charge in [0.1, 0.15) is 12.4 Å². The molecule has 0 N–H and O–H groups in total. The third-order valence-electron chi connectivity index (χ3n) is 5.46. The van der Waals surface area contributed by atoms with Crippen LogP contribution in [0.25, 0.3) is 11.3 Å². The third kappa shape index (κ3) is 3.74. The van der Waals surface area contributed by atoms with E-state index in [0.717, 1.165) is 12.3 Å². The van der Waals surface area contributed by atoms with Gasteiger partial charge in [-0.3, -0.25) is 4.98 Å². The molecule has 7 nitrogen and oxygen atoms in total. The van der Waals surface area contributed by atoms with Crippen LogP contribution in [0.15, 0.2) is 30.9 Å². The summed E-state index contributed by atoms with van der Waals surface area (Å²) in [6.07, 6.45) is -1.91. The summed E-state index contributed by atoms with van der Waals surface area (Å²) in [6.45, 7) is 0.00527. The van der Waals surface area contributed by atoms with Gasteiger partial charge in [0, 0.05) is 50.9 Å². The fourth-order valence-electron chi connectivity index (χ4n) is 3.86. The van der Waals surface area contributed by atoms with E-state index in [9.17, 15) is 22.8 Å². The molecule has 0 amide bonds. The average molecular weight is 449 g/mol. The molecule has 166 valence electrons. The van der Waals surface area contributed by atoms with Gasteiger partial charge >= 0.3 is 6.18 Å². The first-order chi connectivity index (χ1) is 15.1. The minimum Gasteiger partial charge on any atom is -0.368 e. The monoisotopic (exact) mass is 449 g/mol. The van der Waals surface area contributed by atoms with Crippen molar-refractivity contribution >= 4 is 5.69 Å². The molecule has 1 aliphatic rings. The number of halogens is 5. The number of anilines is 1. The molecule has 0 aliphatic carbocycles. The lowest BCUT2D eigenvalue weighted by Crippen LogP contribution is -2.42. The first kappa shape index (κ1) is 21.6. The highest BCUT2D eigenvalue weighted by atomic mass is 19.4. The summed E-state index contributed by atoms with van der Waals surface area (Å²) < 4.78 is 71.0. The molecule has 3 aromatic rings. The summed E-state index contributed by atoms with van der Waals surface area (Å²) in [5.41, 5.74) is -3.46. The Labute approximate surface area is 179 Å². The van der Waals surface area contributed by atoms with Crippen LogP contribution in [-0.2, 0) is 18.9 Å². The van der Waals surface area contributed by atoms with Crippen molar-refractivity contribution in [1.82, 2.24) is 24.7 Å². The van der Waals surface area contributed by atoms with E-state index in [1.165, 1.54) is 21.9 Å². The zero-order valence-electron chi connectivity index (χ0n) is 16.7. The number of rotatable bonds is 3. The largest absolute Gasteiger partial charge is 0.419 e. The molecule has 0 aromatic carbocycles. The van der Waals surface area contributed by atoms with E-state index < -0.39 is 28.9 Å². The second-order valence-electron chi connectivity index (χ2n) is 7.44. The maximum Gasteiger partial charge on any atom is 0.419 e. The molecule has 0 spiro atoms. The highest BCUT2D eigenvalue weighted by Crippen LogP contribution is 2.43. The number of aryl methyl sites for hydroxylation is 1. The molecule has 4 rings (SSSR count). The number of hydrogen-bond donors (Lipinski definition) is 0. The molecule has 4 heterocycles. The van der Waals surface area contributed by atoms with Crippen molar-refractivity contribution in [3.05, 3.63) is 53.8 Å². The van der Waals surface area contributed by atoms with Gasteiger partial charge in [-0.2, -0.15) is 22.8 Å². The van der Waals surface area contributed by atoms with Gasteiger partial charge in [0.05, 0.1) is 22.5 Å². The highest BCUT2D eigenvalue weighted by Gasteiger charge is 2.42. The molecule has 1 aliphatic heterocycles. The molecule has 12 heteroatoms. The Hall–Kier alpha value is -3.62. The molecule has 1 saturated heterocycles. The Balaban J connectivity index is 1.79. The molecule has 3 aromatic heterocycles. The Morgan fingerprint density at radius 2 is 1.84 bits per heavy atom. The van der Waals surface area contributed by atoms with Crippen molar-refractivity contribution in [1.29, 1.82) is 5.26 Å². The van der Waals surface area contributed by atoms with E-state index in [2.05, 4.69) is 20.2 Å². The number of pyridine rings is 2. The van der Waals surface area contributed by atoms with Gasteiger partial charge < -0.3 is 9.47 Å². The zero-order chi connectivity index (χ0) is 23.1. The lowest BCUT2D eigenvalue weighted by atomic mass is 9.91.